The Kier molecular flexibility index (Phi) is 6.20. The number of aryl methyl sites for hydroxylation is 1. The van der Waals surface area contributed by atoms with Gasteiger partial charge in [-0.3, -0.25) is 0 Å². The summed E-state index contributed by atoms with van der Waals surface area (Å²) in [5.41, 5.74) is 2.04. The van der Waals surface area contributed by atoms with Crippen molar-refractivity contribution in [2.45, 2.75) is 52.5 Å². The molecular formula is C15H24FN. The van der Waals surface area contributed by atoms with Crippen molar-refractivity contribution in [1.29, 1.82) is 0 Å². The highest BCUT2D eigenvalue weighted by atomic mass is 19.1. The molecule has 0 aliphatic heterocycles. The molecule has 2 heteroatoms. The average molecular weight is 237 g/mol. The third-order valence-corrected chi connectivity index (χ3v) is 3.07. The maximum Gasteiger partial charge on any atom is 0.126 e. The van der Waals surface area contributed by atoms with Crippen LogP contribution in [-0.2, 0) is 6.42 Å². The molecule has 0 heterocycles. The fourth-order valence-corrected chi connectivity index (χ4v) is 1.90. The van der Waals surface area contributed by atoms with Gasteiger partial charge in [0, 0.05) is 6.04 Å². The molecule has 1 rings (SSSR count). The molecule has 1 aromatic rings. The number of nitrogens with one attached hydrogen (secondary N) is 1. The zero-order valence-electron chi connectivity index (χ0n) is 11.2. The van der Waals surface area contributed by atoms with Gasteiger partial charge in [0.15, 0.2) is 0 Å². The standard InChI is InChI=1S/C15H24FN/c1-4-6-7-14-11-13(8-9-15(14)16)12(3)17-10-5-2/h8-9,11-12,17H,4-7,10H2,1-3H3. The van der Waals surface area contributed by atoms with E-state index in [4.69, 9.17) is 0 Å². The number of benzene rings is 1. The van der Waals surface area contributed by atoms with E-state index >= 15 is 0 Å². The van der Waals surface area contributed by atoms with E-state index in [1.165, 1.54) is 5.56 Å². The first-order chi connectivity index (χ1) is 8.19. The first kappa shape index (κ1) is 14.2. The topological polar surface area (TPSA) is 12.0 Å². The summed E-state index contributed by atoms with van der Waals surface area (Å²) >= 11 is 0. The van der Waals surface area contributed by atoms with Gasteiger partial charge in [-0.15, -0.1) is 0 Å². The third kappa shape index (κ3) is 4.47. The van der Waals surface area contributed by atoms with E-state index in [0.717, 1.165) is 37.8 Å². The predicted octanol–water partition coefficient (Wildman–Crippen LogP) is 4.23. The minimum absolute atomic E-state index is 0.0649. The monoisotopic (exact) mass is 237 g/mol. The SMILES string of the molecule is CCCCc1cc(C(C)NCCC)ccc1F. The molecule has 0 aliphatic carbocycles. The van der Waals surface area contributed by atoms with Crippen LogP contribution in [0.15, 0.2) is 18.2 Å². The Balaban J connectivity index is 2.72. The van der Waals surface area contributed by atoms with Crippen LogP contribution in [0.2, 0.25) is 0 Å². The number of halogens is 1. The second-order valence-electron chi connectivity index (χ2n) is 4.63. The van der Waals surface area contributed by atoms with Gasteiger partial charge in [-0.05, 0) is 49.9 Å². The summed E-state index contributed by atoms with van der Waals surface area (Å²) in [5.74, 6) is -0.0649. The molecule has 0 fully saturated rings. The van der Waals surface area contributed by atoms with Gasteiger partial charge in [-0.25, -0.2) is 4.39 Å². The summed E-state index contributed by atoms with van der Waals surface area (Å²) in [4.78, 5) is 0. The lowest BCUT2D eigenvalue weighted by Crippen LogP contribution is -2.19. The highest BCUT2D eigenvalue weighted by Gasteiger charge is 2.08. The van der Waals surface area contributed by atoms with Crippen LogP contribution >= 0.6 is 0 Å². The van der Waals surface area contributed by atoms with Gasteiger partial charge < -0.3 is 5.32 Å². The highest BCUT2D eigenvalue weighted by molar-refractivity contribution is 5.27. The summed E-state index contributed by atoms with van der Waals surface area (Å²) in [6.07, 6.45) is 4.12. The Hall–Kier alpha value is -0.890. The smallest absolute Gasteiger partial charge is 0.126 e. The lowest BCUT2D eigenvalue weighted by molar-refractivity contribution is 0.563. The molecule has 1 nitrogen and oxygen atoms in total. The maximum absolute atomic E-state index is 13.6. The third-order valence-electron chi connectivity index (χ3n) is 3.07. The van der Waals surface area contributed by atoms with E-state index in [9.17, 15) is 4.39 Å². The fraction of sp³-hybridized carbons (Fsp3) is 0.600. The van der Waals surface area contributed by atoms with Crippen LogP contribution in [0.3, 0.4) is 0 Å². The minimum atomic E-state index is -0.0649. The first-order valence-electron chi connectivity index (χ1n) is 6.70. The number of hydrogen-bond acceptors (Lipinski definition) is 1. The van der Waals surface area contributed by atoms with Gasteiger partial charge in [-0.1, -0.05) is 32.4 Å². The van der Waals surface area contributed by atoms with Crippen LogP contribution in [-0.4, -0.2) is 6.54 Å². The molecule has 1 aromatic carbocycles. The Labute approximate surface area is 104 Å². The Bertz CT molecular complexity index is 336. The molecule has 0 radical (unpaired) electrons. The van der Waals surface area contributed by atoms with Gasteiger partial charge >= 0.3 is 0 Å². The van der Waals surface area contributed by atoms with Gasteiger partial charge in [-0.2, -0.15) is 0 Å². The average Bonchev–Trinajstić information content (AvgIpc) is 2.35. The summed E-state index contributed by atoms with van der Waals surface area (Å²) in [7, 11) is 0. The lowest BCUT2D eigenvalue weighted by Gasteiger charge is -2.15. The van der Waals surface area contributed by atoms with Crippen LogP contribution in [0.5, 0.6) is 0 Å². The van der Waals surface area contributed by atoms with E-state index in [1.54, 1.807) is 6.07 Å². The van der Waals surface area contributed by atoms with E-state index in [-0.39, 0.29) is 5.82 Å². The number of unbranched alkanes of at least 4 members (excludes halogenated alkanes) is 1. The molecule has 96 valence electrons. The van der Waals surface area contributed by atoms with Crippen molar-refractivity contribution in [3.8, 4) is 0 Å². The first-order valence-corrected chi connectivity index (χ1v) is 6.70. The van der Waals surface area contributed by atoms with Crippen LogP contribution < -0.4 is 5.32 Å². The van der Waals surface area contributed by atoms with E-state index in [2.05, 4.69) is 26.1 Å². The quantitative estimate of drug-likeness (QED) is 0.748. The van der Waals surface area contributed by atoms with Crippen molar-refractivity contribution in [1.82, 2.24) is 5.32 Å². The highest BCUT2D eigenvalue weighted by Crippen LogP contribution is 2.18. The molecular weight excluding hydrogens is 213 g/mol. The Morgan fingerprint density at radius 2 is 2.00 bits per heavy atom. The maximum atomic E-state index is 13.6. The molecule has 0 bridgehead atoms. The Morgan fingerprint density at radius 1 is 1.24 bits per heavy atom. The summed E-state index contributed by atoms with van der Waals surface area (Å²) in [6.45, 7) is 7.42. The van der Waals surface area contributed by atoms with Crippen LogP contribution in [0.4, 0.5) is 4.39 Å². The predicted molar refractivity (Wildman–Crippen MR) is 71.7 cm³/mol. The molecule has 1 atom stereocenters. The van der Waals surface area contributed by atoms with Crippen molar-refractivity contribution in [3.63, 3.8) is 0 Å². The summed E-state index contributed by atoms with van der Waals surface area (Å²) in [6, 6.07) is 5.80. The summed E-state index contributed by atoms with van der Waals surface area (Å²) < 4.78 is 13.6. The van der Waals surface area contributed by atoms with Crippen LogP contribution in [0.25, 0.3) is 0 Å². The molecule has 1 unspecified atom stereocenters. The molecule has 1 N–H and O–H groups in total. The van der Waals surface area contributed by atoms with Gasteiger partial charge in [0.05, 0.1) is 0 Å². The fourth-order valence-electron chi connectivity index (χ4n) is 1.90. The van der Waals surface area contributed by atoms with Crippen molar-refractivity contribution in [2.75, 3.05) is 6.54 Å². The van der Waals surface area contributed by atoms with Crippen molar-refractivity contribution in [3.05, 3.63) is 35.1 Å². The molecule has 0 aliphatic rings. The van der Waals surface area contributed by atoms with Gasteiger partial charge in [0.25, 0.3) is 0 Å². The second-order valence-corrected chi connectivity index (χ2v) is 4.63. The van der Waals surface area contributed by atoms with Crippen molar-refractivity contribution >= 4 is 0 Å². The molecule has 0 saturated heterocycles. The molecule has 17 heavy (non-hydrogen) atoms. The molecule has 0 spiro atoms. The minimum Gasteiger partial charge on any atom is -0.310 e. The van der Waals surface area contributed by atoms with E-state index in [1.807, 2.05) is 12.1 Å². The molecule has 0 amide bonds. The summed E-state index contributed by atoms with van der Waals surface area (Å²) in [5, 5.41) is 3.43. The largest absolute Gasteiger partial charge is 0.310 e. The van der Waals surface area contributed by atoms with Gasteiger partial charge in [0.2, 0.25) is 0 Å². The van der Waals surface area contributed by atoms with E-state index in [0.29, 0.717) is 6.04 Å². The molecule has 0 saturated carbocycles. The molecule has 0 aromatic heterocycles. The number of hydrogen-bond donors (Lipinski definition) is 1. The van der Waals surface area contributed by atoms with Crippen molar-refractivity contribution < 1.29 is 4.39 Å². The van der Waals surface area contributed by atoms with E-state index < -0.39 is 0 Å². The van der Waals surface area contributed by atoms with Crippen LogP contribution in [0.1, 0.15) is 57.2 Å². The lowest BCUT2D eigenvalue weighted by atomic mass is 10.0. The normalized spacial score (nSPS) is 12.7. The van der Waals surface area contributed by atoms with Crippen LogP contribution in [0, 0.1) is 5.82 Å². The zero-order chi connectivity index (χ0) is 12.7. The number of rotatable bonds is 7. The van der Waals surface area contributed by atoms with Gasteiger partial charge in [0.1, 0.15) is 5.82 Å². The zero-order valence-corrected chi connectivity index (χ0v) is 11.2. The van der Waals surface area contributed by atoms with Crippen molar-refractivity contribution in [2.24, 2.45) is 0 Å². The Morgan fingerprint density at radius 3 is 2.65 bits per heavy atom. The second kappa shape index (κ2) is 7.44.